The molecule has 0 radical (unpaired) electrons. The van der Waals surface area contributed by atoms with Crippen molar-refractivity contribution in [3.05, 3.63) is 59.7 Å². The number of pyridine rings is 1. The number of ether oxygens (including phenoxy) is 1. The molecule has 3 nitrogen and oxygen atoms in total. The summed E-state index contributed by atoms with van der Waals surface area (Å²) in [6.45, 7) is 0.585. The topological polar surface area (TPSA) is 48.1 Å². The number of rotatable bonds is 3. The van der Waals surface area contributed by atoms with Crippen molar-refractivity contribution in [2.75, 3.05) is 6.54 Å². The molecule has 19 heavy (non-hydrogen) atoms. The van der Waals surface area contributed by atoms with Crippen LogP contribution in [0.25, 0.3) is 0 Å². The summed E-state index contributed by atoms with van der Waals surface area (Å²) in [4.78, 5) is 4.02. The molecular formula is C15H13FN2O. The van der Waals surface area contributed by atoms with Gasteiger partial charge in [0.05, 0.1) is 12.7 Å². The van der Waals surface area contributed by atoms with Crippen molar-refractivity contribution < 1.29 is 9.13 Å². The molecule has 0 bridgehead atoms. The monoisotopic (exact) mass is 256 g/mol. The Morgan fingerprint density at radius 2 is 2.16 bits per heavy atom. The van der Waals surface area contributed by atoms with Gasteiger partial charge in [-0.25, -0.2) is 4.39 Å². The van der Waals surface area contributed by atoms with E-state index < -0.39 is 0 Å². The summed E-state index contributed by atoms with van der Waals surface area (Å²) < 4.78 is 18.5. The molecule has 2 rings (SSSR count). The van der Waals surface area contributed by atoms with Crippen LogP contribution in [0.3, 0.4) is 0 Å². The average molecular weight is 256 g/mol. The Balaban J connectivity index is 2.03. The third-order valence-electron chi connectivity index (χ3n) is 2.34. The Morgan fingerprint density at radius 3 is 2.95 bits per heavy atom. The first-order valence-corrected chi connectivity index (χ1v) is 5.79. The second kappa shape index (κ2) is 6.53. The van der Waals surface area contributed by atoms with Crippen molar-refractivity contribution in [1.29, 1.82) is 0 Å². The van der Waals surface area contributed by atoms with Crippen LogP contribution in [-0.4, -0.2) is 11.5 Å². The quantitative estimate of drug-likeness (QED) is 0.856. The molecule has 1 heterocycles. The van der Waals surface area contributed by atoms with E-state index in [2.05, 4.69) is 16.8 Å². The summed E-state index contributed by atoms with van der Waals surface area (Å²) in [7, 11) is 0. The predicted molar refractivity (Wildman–Crippen MR) is 70.9 cm³/mol. The van der Waals surface area contributed by atoms with Gasteiger partial charge in [-0.3, -0.25) is 4.98 Å². The van der Waals surface area contributed by atoms with Crippen LogP contribution < -0.4 is 10.5 Å². The standard InChI is InChI=1S/C15H13FN2O/c16-14-5-1-3-13(7-14)11-19-15-8-12(4-2-6-17)9-18-10-15/h1,3,5,7-10H,6,11,17H2. The van der Waals surface area contributed by atoms with Gasteiger partial charge in [-0.1, -0.05) is 24.0 Å². The van der Waals surface area contributed by atoms with E-state index in [1.807, 2.05) is 0 Å². The fraction of sp³-hybridized carbons (Fsp3) is 0.133. The van der Waals surface area contributed by atoms with Crippen LogP contribution in [0.1, 0.15) is 11.1 Å². The molecule has 0 amide bonds. The van der Waals surface area contributed by atoms with E-state index >= 15 is 0 Å². The zero-order valence-corrected chi connectivity index (χ0v) is 10.3. The number of hydrogen-bond donors (Lipinski definition) is 1. The minimum Gasteiger partial charge on any atom is -0.487 e. The van der Waals surface area contributed by atoms with Gasteiger partial charge in [0.1, 0.15) is 18.2 Å². The second-order valence-corrected chi connectivity index (χ2v) is 3.83. The average Bonchev–Trinajstić information content (AvgIpc) is 2.43. The molecule has 0 fully saturated rings. The fourth-order valence-corrected chi connectivity index (χ4v) is 1.51. The van der Waals surface area contributed by atoms with Gasteiger partial charge >= 0.3 is 0 Å². The van der Waals surface area contributed by atoms with Crippen LogP contribution in [-0.2, 0) is 6.61 Å². The minimum atomic E-state index is -0.276. The van der Waals surface area contributed by atoms with Gasteiger partial charge in [0.25, 0.3) is 0 Å². The molecule has 0 saturated heterocycles. The van der Waals surface area contributed by atoms with E-state index in [0.29, 0.717) is 12.3 Å². The lowest BCUT2D eigenvalue weighted by Crippen LogP contribution is -1.97. The molecule has 0 atom stereocenters. The van der Waals surface area contributed by atoms with Crippen LogP contribution in [0.15, 0.2) is 42.7 Å². The van der Waals surface area contributed by atoms with E-state index in [9.17, 15) is 4.39 Å². The fourth-order valence-electron chi connectivity index (χ4n) is 1.51. The van der Waals surface area contributed by atoms with Crippen molar-refractivity contribution in [2.45, 2.75) is 6.61 Å². The highest BCUT2D eigenvalue weighted by molar-refractivity contribution is 5.37. The molecule has 0 spiro atoms. The van der Waals surface area contributed by atoms with Gasteiger partial charge in [-0.15, -0.1) is 0 Å². The van der Waals surface area contributed by atoms with Gasteiger partial charge in [-0.2, -0.15) is 0 Å². The molecule has 96 valence electrons. The Labute approximate surface area is 111 Å². The summed E-state index contributed by atoms with van der Waals surface area (Å²) in [5.41, 5.74) is 6.80. The van der Waals surface area contributed by atoms with E-state index in [0.717, 1.165) is 11.1 Å². The highest BCUT2D eigenvalue weighted by atomic mass is 19.1. The van der Waals surface area contributed by atoms with Crippen LogP contribution in [0.2, 0.25) is 0 Å². The number of hydrogen-bond acceptors (Lipinski definition) is 3. The lowest BCUT2D eigenvalue weighted by molar-refractivity contribution is 0.304. The highest BCUT2D eigenvalue weighted by Crippen LogP contribution is 2.13. The smallest absolute Gasteiger partial charge is 0.139 e. The number of benzene rings is 1. The summed E-state index contributed by atoms with van der Waals surface area (Å²) in [5.74, 6) is 5.93. The molecule has 2 aromatic rings. The number of aromatic nitrogens is 1. The Bertz CT molecular complexity index is 617. The molecule has 0 aliphatic carbocycles. The first kappa shape index (κ1) is 13.1. The summed E-state index contributed by atoms with van der Waals surface area (Å²) >= 11 is 0. The Hall–Kier alpha value is -2.38. The lowest BCUT2D eigenvalue weighted by Gasteiger charge is -2.06. The molecule has 1 aromatic carbocycles. The van der Waals surface area contributed by atoms with Crippen LogP contribution >= 0.6 is 0 Å². The molecule has 4 heteroatoms. The maximum atomic E-state index is 13.0. The normalized spacial score (nSPS) is 9.58. The van der Waals surface area contributed by atoms with Crippen molar-refractivity contribution in [3.8, 4) is 17.6 Å². The number of nitrogens with two attached hydrogens (primary N) is 1. The molecule has 0 unspecified atom stereocenters. The van der Waals surface area contributed by atoms with Gasteiger partial charge < -0.3 is 10.5 Å². The number of halogens is 1. The molecule has 1 aromatic heterocycles. The largest absolute Gasteiger partial charge is 0.487 e. The molecular weight excluding hydrogens is 243 g/mol. The van der Waals surface area contributed by atoms with E-state index in [-0.39, 0.29) is 12.4 Å². The zero-order chi connectivity index (χ0) is 13.5. The lowest BCUT2D eigenvalue weighted by atomic mass is 10.2. The summed E-state index contributed by atoms with van der Waals surface area (Å²) in [5, 5.41) is 0. The molecule has 0 aliphatic heterocycles. The zero-order valence-electron chi connectivity index (χ0n) is 10.3. The first-order valence-electron chi connectivity index (χ1n) is 5.79. The van der Waals surface area contributed by atoms with E-state index in [1.165, 1.54) is 12.1 Å². The molecule has 0 saturated carbocycles. The van der Waals surface area contributed by atoms with Crippen LogP contribution in [0, 0.1) is 17.7 Å². The third-order valence-corrected chi connectivity index (χ3v) is 2.34. The number of nitrogens with zero attached hydrogens (tertiary/aromatic N) is 1. The van der Waals surface area contributed by atoms with E-state index in [4.69, 9.17) is 10.5 Å². The molecule has 2 N–H and O–H groups in total. The predicted octanol–water partition coefficient (Wildman–Crippen LogP) is 2.11. The van der Waals surface area contributed by atoms with Crippen molar-refractivity contribution >= 4 is 0 Å². The van der Waals surface area contributed by atoms with Crippen molar-refractivity contribution in [2.24, 2.45) is 5.73 Å². The Kier molecular flexibility index (Phi) is 4.49. The van der Waals surface area contributed by atoms with Gasteiger partial charge in [0.15, 0.2) is 0 Å². The Morgan fingerprint density at radius 1 is 1.26 bits per heavy atom. The molecule has 0 aliphatic rings. The van der Waals surface area contributed by atoms with Crippen LogP contribution in [0.4, 0.5) is 4.39 Å². The summed E-state index contributed by atoms with van der Waals surface area (Å²) in [6, 6.07) is 8.05. The van der Waals surface area contributed by atoms with Gasteiger partial charge in [0, 0.05) is 11.8 Å². The third kappa shape index (κ3) is 4.09. The van der Waals surface area contributed by atoms with Crippen molar-refractivity contribution in [3.63, 3.8) is 0 Å². The van der Waals surface area contributed by atoms with Crippen LogP contribution in [0.5, 0.6) is 5.75 Å². The maximum absolute atomic E-state index is 13.0. The SMILES string of the molecule is NCC#Cc1cncc(OCc2cccc(F)c2)c1. The first-order chi connectivity index (χ1) is 9.28. The van der Waals surface area contributed by atoms with Crippen molar-refractivity contribution in [1.82, 2.24) is 4.98 Å². The maximum Gasteiger partial charge on any atom is 0.139 e. The highest BCUT2D eigenvalue weighted by Gasteiger charge is 1.99. The minimum absolute atomic E-state index is 0.276. The summed E-state index contributed by atoms with van der Waals surface area (Å²) in [6.07, 6.45) is 3.23. The second-order valence-electron chi connectivity index (χ2n) is 3.83. The van der Waals surface area contributed by atoms with Gasteiger partial charge in [-0.05, 0) is 23.8 Å². The van der Waals surface area contributed by atoms with Gasteiger partial charge in [0.2, 0.25) is 0 Å². The van der Waals surface area contributed by atoms with E-state index in [1.54, 1.807) is 30.6 Å².